The minimum Gasteiger partial charge on any atom is -0.329 e. The first-order chi connectivity index (χ1) is 14.8. The number of anilines is 1. The van der Waals surface area contributed by atoms with Crippen molar-refractivity contribution in [1.29, 1.82) is 0 Å². The van der Waals surface area contributed by atoms with Crippen molar-refractivity contribution in [3.8, 4) is 22.5 Å². The van der Waals surface area contributed by atoms with Crippen LogP contribution in [0.2, 0.25) is 0 Å². The van der Waals surface area contributed by atoms with Crippen molar-refractivity contribution in [3.63, 3.8) is 0 Å². The molecule has 0 radical (unpaired) electrons. The van der Waals surface area contributed by atoms with Gasteiger partial charge in [0.15, 0.2) is 0 Å². The zero-order chi connectivity index (χ0) is 22.0. The lowest BCUT2D eigenvalue weighted by Crippen LogP contribution is -2.36. The number of urea groups is 1. The van der Waals surface area contributed by atoms with Crippen LogP contribution < -0.4 is 10.6 Å². The van der Waals surface area contributed by atoms with Crippen LogP contribution in [-0.4, -0.2) is 33.1 Å². The maximum absolute atomic E-state index is 12.3. The number of hydrogen-bond donors (Lipinski definition) is 2. The highest BCUT2D eigenvalue weighted by Gasteiger charge is 2.27. The molecule has 4 aromatic rings. The second-order valence-corrected chi connectivity index (χ2v) is 7.01. The van der Waals surface area contributed by atoms with E-state index in [1.54, 1.807) is 35.9 Å². The van der Waals surface area contributed by atoms with Gasteiger partial charge in [-0.1, -0.05) is 18.2 Å². The average molecular weight is 425 g/mol. The fourth-order valence-electron chi connectivity index (χ4n) is 3.10. The van der Waals surface area contributed by atoms with Crippen molar-refractivity contribution in [2.75, 3.05) is 11.9 Å². The molecule has 4 rings (SSSR count). The number of aromatic nitrogens is 3. The molecular formula is C22H18F3N5O. The Hall–Kier alpha value is -3.88. The van der Waals surface area contributed by atoms with E-state index >= 15 is 0 Å². The van der Waals surface area contributed by atoms with Gasteiger partial charge >= 0.3 is 12.2 Å². The van der Waals surface area contributed by atoms with Crippen molar-refractivity contribution in [2.24, 2.45) is 0 Å². The summed E-state index contributed by atoms with van der Waals surface area (Å²) >= 11 is 0. The zero-order valence-corrected chi connectivity index (χ0v) is 16.4. The molecule has 0 aliphatic heterocycles. The molecule has 0 spiro atoms. The molecule has 3 heterocycles. The summed E-state index contributed by atoms with van der Waals surface area (Å²) in [4.78, 5) is 20.6. The minimum atomic E-state index is -4.47. The molecule has 0 fully saturated rings. The molecule has 158 valence electrons. The third kappa shape index (κ3) is 4.82. The van der Waals surface area contributed by atoms with Gasteiger partial charge in [0.1, 0.15) is 12.2 Å². The topological polar surface area (TPSA) is 71.3 Å². The predicted octanol–water partition coefficient (Wildman–Crippen LogP) is 5.06. The van der Waals surface area contributed by atoms with Gasteiger partial charge in [0.05, 0.1) is 17.6 Å². The number of carbonyl (C=O) groups excluding carboxylic acids is 1. The highest BCUT2D eigenvalue weighted by Crippen LogP contribution is 2.26. The largest absolute Gasteiger partial charge is 0.405 e. The number of halogens is 3. The summed E-state index contributed by atoms with van der Waals surface area (Å²) in [7, 11) is 0. The minimum absolute atomic E-state index is 0.368. The Labute approximate surface area is 175 Å². The second kappa shape index (κ2) is 8.10. The lowest BCUT2D eigenvalue weighted by atomic mass is 10.1. The van der Waals surface area contributed by atoms with E-state index in [1.807, 2.05) is 47.9 Å². The first-order valence-electron chi connectivity index (χ1n) is 9.41. The molecular weight excluding hydrogens is 407 g/mol. The third-order valence-electron chi connectivity index (χ3n) is 4.59. The van der Waals surface area contributed by atoms with Crippen LogP contribution in [-0.2, 0) is 0 Å². The van der Waals surface area contributed by atoms with E-state index in [4.69, 9.17) is 0 Å². The lowest BCUT2D eigenvalue weighted by molar-refractivity contribution is -0.122. The quantitative estimate of drug-likeness (QED) is 0.480. The second-order valence-electron chi connectivity index (χ2n) is 7.01. The first-order valence-corrected chi connectivity index (χ1v) is 9.41. The Bertz CT molecular complexity index is 1230. The van der Waals surface area contributed by atoms with Gasteiger partial charge in [-0.25, -0.2) is 9.78 Å². The van der Waals surface area contributed by atoms with Crippen LogP contribution in [0.3, 0.4) is 0 Å². The number of benzene rings is 1. The molecule has 0 saturated carbocycles. The van der Waals surface area contributed by atoms with Gasteiger partial charge in [-0.05, 0) is 42.8 Å². The van der Waals surface area contributed by atoms with E-state index in [2.05, 4.69) is 15.3 Å². The average Bonchev–Trinajstić information content (AvgIpc) is 3.16. The maximum Gasteiger partial charge on any atom is 0.405 e. The van der Waals surface area contributed by atoms with Crippen molar-refractivity contribution < 1.29 is 18.0 Å². The molecule has 0 atom stereocenters. The van der Waals surface area contributed by atoms with Crippen LogP contribution in [0.5, 0.6) is 0 Å². The van der Waals surface area contributed by atoms with Gasteiger partial charge in [0.2, 0.25) is 0 Å². The smallest absolute Gasteiger partial charge is 0.329 e. The summed E-state index contributed by atoms with van der Waals surface area (Å²) < 4.78 is 38.6. The van der Waals surface area contributed by atoms with E-state index < -0.39 is 18.8 Å². The number of amides is 2. The van der Waals surface area contributed by atoms with Crippen molar-refractivity contribution in [1.82, 2.24) is 19.7 Å². The molecule has 31 heavy (non-hydrogen) atoms. The van der Waals surface area contributed by atoms with Gasteiger partial charge in [0, 0.05) is 29.2 Å². The van der Waals surface area contributed by atoms with Crippen LogP contribution in [0.15, 0.2) is 67.1 Å². The van der Waals surface area contributed by atoms with Crippen LogP contribution in [0.25, 0.3) is 28.2 Å². The number of nitrogens with zero attached hydrogens (tertiary/aromatic N) is 3. The summed E-state index contributed by atoms with van der Waals surface area (Å²) in [5.74, 6) is 0. The van der Waals surface area contributed by atoms with Crippen LogP contribution >= 0.6 is 0 Å². The number of carbonyl (C=O) groups is 1. The molecule has 0 saturated heterocycles. The highest BCUT2D eigenvalue weighted by atomic mass is 19.4. The molecule has 0 aliphatic rings. The molecule has 0 unspecified atom stereocenters. The molecule has 2 amide bonds. The van der Waals surface area contributed by atoms with E-state index in [-0.39, 0.29) is 0 Å². The summed E-state index contributed by atoms with van der Waals surface area (Å²) in [6.45, 7) is 0.577. The van der Waals surface area contributed by atoms with Crippen molar-refractivity contribution in [3.05, 3.63) is 72.7 Å². The van der Waals surface area contributed by atoms with E-state index in [1.165, 1.54) is 0 Å². The number of nitrogens with one attached hydrogen (secondary N) is 2. The van der Waals surface area contributed by atoms with Crippen molar-refractivity contribution in [2.45, 2.75) is 13.1 Å². The van der Waals surface area contributed by atoms with Crippen LogP contribution in [0.1, 0.15) is 5.56 Å². The zero-order valence-electron chi connectivity index (χ0n) is 16.4. The monoisotopic (exact) mass is 425 g/mol. The molecule has 6 nitrogen and oxygen atoms in total. The SMILES string of the molecule is Cc1ccc(-c2ccn3c(-c4cccc(NC(=O)NCC(F)(F)F)c4)cnc3c2)nc1. The van der Waals surface area contributed by atoms with Gasteiger partial charge in [-0.15, -0.1) is 0 Å². The number of imidazole rings is 1. The maximum atomic E-state index is 12.3. The molecule has 0 bridgehead atoms. The molecule has 0 aliphatic carbocycles. The van der Waals surface area contributed by atoms with E-state index in [0.29, 0.717) is 5.69 Å². The number of fused-ring (bicyclic) bond motifs is 1. The highest BCUT2D eigenvalue weighted by molar-refractivity contribution is 5.90. The van der Waals surface area contributed by atoms with Crippen molar-refractivity contribution >= 4 is 17.4 Å². The number of alkyl halides is 3. The standard InChI is InChI=1S/C22H18F3N5O/c1-14-5-6-18(26-11-14)15-7-8-30-19(12-27-20(30)10-15)16-3-2-4-17(9-16)29-21(31)28-13-22(23,24)25/h2-12H,13H2,1H3,(H2,28,29,31). The number of aryl methyl sites for hydroxylation is 1. The molecule has 3 aromatic heterocycles. The molecule has 9 heteroatoms. The summed E-state index contributed by atoms with van der Waals surface area (Å²) in [6, 6.07) is 13.7. The fourth-order valence-corrected chi connectivity index (χ4v) is 3.10. The third-order valence-corrected chi connectivity index (χ3v) is 4.59. The number of rotatable bonds is 4. The Kier molecular flexibility index (Phi) is 5.33. The summed E-state index contributed by atoms with van der Waals surface area (Å²) in [6.07, 6.45) is 0.914. The van der Waals surface area contributed by atoms with Gasteiger partial charge in [0.25, 0.3) is 0 Å². The van der Waals surface area contributed by atoms with Gasteiger partial charge in [-0.3, -0.25) is 9.38 Å². The van der Waals surface area contributed by atoms with Gasteiger partial charge in [-0.2, -0.15) is 13.2 Å². The molecule has 2 N–H and O–H groups in total. The van der Waals surface area contributed by atoms with Crippen LogP contribution in [0, 0.1) is 6.92 Å². The van der Waals surface area contributed by atoms with E-state index in [9.17, 15) is 18.0 Å². The first kappa shape index (κ1) is 20.4. The van der Waals surface area contributed by atoms with Gasteiger partial charge < -0.3 is 10.6 Å². The Morgan fingerprint density at radius 3 is 2.61 bits per heavy atom. The number of pyridine rings is 2. The Morgan fingerprint density at radius 2 is 1.87 bits per heavy atom. The number of hydrogen-bond acceptors (Lipinski definition) is 3. The van der Waals surface area contributed by atoms with Crippen LogP contribution in [0.4, 0.5) is 23.7 Å². The normalized spacial score (nSPS) is 11.5. The van der Waals surface area contributed by atoms with E-state index in [0.717, 1.165) is 33.7 Å². The fraction of sp³-hybridized carbons (Fsp3) is 0.136. The Balaban J connectivity index is 1.57. The summed E-state index contributed by atoms with van der Waals surface area (Å²) in [5, 5.41) is 4.19. The predicted molar refractivity (Wildman–Crippen MR) is 112 cm³/mol. The Morgan fingerprint density at radius 1 is 1.03 bits per heavy atom. The lowest BCUT2D eigenvalue weighted by Gasteiger charge is -2.11. The molecule has 1 aromatic carbocycles. The summed E-state index contributed by atoms with van der Waals surface area (Å²) in [5.41, 5.74) is 5.47.